The van der Waals surface area contributed by atoms with E-state index in [4.69, 9.17) is 16.7 Å². The molecular weight excluding hydrogens is 352 g/mol. The Morgan fingerprint density at radius 3 is 2.62 bits per heavy atom. The molecule has 4 rings (SSSR count). The van der Waals surface area contributed by atoms with Crippen LogP contribution in [-0.4, -0.2) is 39.1 Å². The maximum atomic E-state index is 11.1. The summed E-state index contributed by atoms with van der Waals surface area (Å²) in [6.07, 6.45) is 4.79. The van der Waals surface area contributed by atoms with Crippen molar-refractivity contribution >= 4 is 34.3 Å². The first-order chi connectivity index (χ1) is 12.6. The van der Waals surface area contributed by atoms with Crippen molar-refractivity contribution < 1.29 is 9.90 Å². The molecule has 26 heavy (non-hydrogen) atoms. The molecule has 0 bridgehead atoms. The Labute approximate surface area is 155 Å². The van der Waals surface area contributed by atoms with E-state index >= 15 is 0 Å². The number of pyridine rings is 1. The predicted molar refractivity (Wildman–Crippen MR) is 100 cm³/mol. The van der Waals surface area contributed by atoms with Gasteiger partial charge in [0.05, 0.1) is 16.5 Å². The number of carboxylic acid groups (broad SMARTS) is 1. The van der Waals surface area contributed by atoms with Crippen molar-refractivity contribution in [3.63, 3.8) is 0 Å². The molecule has 0 atom stereocenters. The summed E-state index contributed by atoms with van der Waals surface area (Å²) in [7, 11) is 0. The van der Waals surface area contributed by atoms with Crippen molar-refractivity contribution in [2.45, 2.75) is 12.8 Å². The lowest BCUT2D eigenvalue weighted by atomic mass is 9.97. The standard InChI is InChI=1S/C19H17ClN4O2/c20-15-3-1-2-13-10-22-18(23-17(13)15)14-4-5-16(21-11-14)24-8-6-12(7-9-24)19(25)26/h1-5,10-12H,6-9H2,(H,25,26). The Balaban J connectivity index is 1.55. The van der Waals surface area contributed by atoms with Crippen molar-refractivity contribution in [2.24, 2.45) is 5.92 Å². The lowest BCUT2D eigenvalue weighted by Gasteiger charge is -2.31. The second kappa shape index (κ2) is 6.88. The molecule has 2 aromatic heterocycles. The first-order valence-electron chi connectivity index (χ1n) is 8.47. The number of aliphatic carboxylic acids is 1. The van der Waals surface area contributed by atoms with E-state index in [1.165, 1.54) is 0 Å². The first-order valence-corrected chi connectivity index (χ1v) is 8.85. The van der Waals surface area contributed by atoms with Crippen LogP contribution in [0.3, 0.4) is 0 Å². The summed E-state index contributed by atoms with van der Waals surface area (Å²) >= 11 is 6.22. The number of para-hydroxylation sites is 1. The molecule has 0 unspecified atom stereocenters. The lowest BCUT2D eigenvalue weighted by Crippen LogP contribution is -2.36. The highest BCUT2D eigenvalue weighted by atomic mass is 35.5. The molecule has 1 aliphatic heterocycles. The van der Waals surface area contributed by atoms with Gasteiger partial charge in [-0.2, -0.15) is 0 Å². The predicted octanol–water partition coefficient (Wildman–Crippen LogP) is 3.65. The number of nitrogens with zero attached hydrogens (tertiary/aromatic N) is 4. The van der Waals surface area contributed by atoms with Gasteiger partial charge >= 0.3 is 5.97 Å². The Kier molecular flexibility index (Phi) is 4.42. The number of hydrogen-bond acceptors (Lipinski definition) is 5. The van der Waals surface area contributed by atoms with Crippen LogP contribution in [-0.2, 0) is 4.79 Å². The maximum Gasteiger partial charge on any atom is 0.306 e. The number of aromatic nitrogens is 3. The Bertz CT molecular complexity index is 953. The number of carbonyl (C=O) groups is 1. The minimum absolute atomic E-state index is 0.249. The minimum atomic E-state index is -0.708. The van der Waals surface area contributed by atoms with Crippen molar-refractivity contribution in [3.8, 4) is 11.4 Å². The number of rotatable bonds is 3. The number of halogens is 1. The molecule has 0 spiro atoms. The summed E-state index contributed by atoms with van der Waals surface area (Å²) in [6.45, 7) is 1.40. The van der Waals surface area contributed by atoms with Crippen molar-refractivity contribution in [3.05, 3.63) is 47.7 Å². The van der Waals surface area contributed by atoms with Crippen LogP contribution in [0.1, 0.15) is 12.8 Å². The second-order valence-electron chi connectivity index (χ2n) is 6.38. The molecule has 7 heteroatoms. The Hall–Kier alpha value is -2.73. The highest BCUT2D eigenvalue weighted by Gasteiger charge is 2.25. The van der Waals surface area contributed by atoms with Crippen molar-refractivity contribution in [1.29, 1.82) is 0 Å². The van der Waals surface area contributed by atoms with Crippen LogP contribution in [0.15, 0.2) is 42.7 Å². The molecule has 0 saturated carbocycles. The van der Waals surface area contributed by atoms with E-state index < -0.39 is 5.97 Å². The largest absolute Gasteiger partial charge is 0.481 e. The van der Waals surface area contributed by atoms with Crippen LogP contribution in [0.5, 0.6) is 0 Å². The van der Waals surface area contributed by atoms with Gasteiger partial charge in [-0.1, -0.05) is 23.7 Å². The van der Waals surface area contributed by atoms with Crippen LogP contribution in [0.4, 0.5) is 5.82 Å². The van der Waals surface area contributed by atoms with Crippen LogP contribution < -0.4 is 4.90 Å². The van der Waals surface area contributed by atoms with Gasteiger partial charge < -0.3 is 10.0 Å². The number of benzene rings is 1. The molecule has 1 N–H and O–H groups in total. The fourth-order valence-corrected chi connectivity index (χ4v) is 3.44. The van der Waals surface area contributed by atoms with Gasteiger partial charge in [0.2, 0.25) is 0 Å². The SMILES string of the molecule is O=C(O)C1CCN(c2ccc(-c3ncc4cccc(Cl)c4n3)cn2)CC1. The third kappa shape index (κ3) is 3.20. The average Bonchev–Trinajstić information content (AvgIpc) is 2.68. The third-order valence-electron chi connectivity index (χ3n) is 4.74. The Morgan fingerprint density at radius 1 is 1.12 bits per heavy atom. The van der Waals surface area contributed by atoms with Gasteiger partial charge in [-0.25, -0.2) is 15.0 Å². The van der Waals surface area contributed by atoms with E-state index in [2.05, 4.69) is 19.9 Å². The summed E-state index contributed by atoms with van der Waals surface area (Å²) < 4.78 is 0. The van der Waals surface area contributed by atoms with Crippen LogP contribution >= 0.6 is 11.6 Å². The molecule has 132 valence electrons. The van der Waals surface area contributed by atoms with Gasteiger partial charge in [-0.3, -0.25) is 4.79 Å². The summed E-state index contributed by atoms with van der Waals surface area (Å²) in [6, 6.07) is 9.47. The topological polar surface area (TPSA) is 79.2 Å². The summed E-state index contributed by atoms with van der Waals surface area (Å²) in [5.74, 6) is 0.465. The highest BCUT2D eigenvalue weighted by Crippen LogP contribution is 2.26. The average molecular weight is 369 g/mol. The number of carboxylic acids is 1. The van der Waals surface area contributed by atoms with Gasteiger partial charge in [-0.15, -0.1) is 0 Å². The quantitative estimate of drug-likeness (QED) is 0.760. The van der Waals surface area contributed by atoms with Crippen molar-refractivity contribution in [2.75, 3.05) is 18.0 Å². The molecule has 0 aliphatic carbocycles. The van der Waals surface area contributed by atoms with E-state index in [9.17, 15) is 4.79 Å². The molecule has 1 aromatic carbocycles. The number of fused-ring (bicyclic) bond motifs is 1. The number of anilines is 1. The normalized spacial score (nSPS) is 15.3. The summed E-state index contributed by atoms with van der Waals surface area (Å²) in [5, 5.41) is 10.6. The smallest absolute Gasteiger partial charge is 0.306 e. The second-order valence-corrected chi connectivity index (χ2v) is 6.78. The fourth-order valence-electron chi connectivity index (χ4n) is 3.22. The summed E-state index contributed by atoms with van der Waals surface area (Å²) in [4.78, 5) is 26.6. The molecule has 1 aliphatic rings. The van der Waals surface area contributed by atoms with Gasteiger partial charge in [0.15, 0.2) is 5.82 Å². The zero-order valence-electron chi connectivity index (χ0n) is 14.0. The molecular formula is C19H17ClN4O2. The molecule has 0 amide bonds. The zero-order valence-corrected chi connectivity index (χ0v) is 14.7. The summed E-state index contributed by atoms with van der Waals surface area (Å²) in [5.41, 5.74) is 1.54. The van der Waals surface area contributed by atoms with Gasteiger partial charge in [0, 0.05) is 36.4 Å². The minimum Gasteiger partial charge on any atom is -0.481 e. The van der Waals surface area contributed by atoms with Crippen LogP contribution in [0.2, 0.25) is 5.02 Å². The van der Waals surface area contributed by atoms with E-state index in [-0.39, 0.29) is 5.92 Å². The van der Waals surface area contributed by atoms with E-state index in [1.807, 2.05) is 30.3 Å². The van der Waals surface area contributed by atoms with Crippen LogP contribution in [0.25, 0.3) is 22.3 Å². The third-order valence-corrected chi connectivity index (χ3v) is 5.04. The fraction of sp³-hybridized carbons (Fsp3) is 0.263. The molecule has 6 nitrogen and oxygen atoms in total. The zero-order chi connectivity index (χ0) is 18.1. The molecule has 1 fully saturated rings. The Morgan fingerprint density at radius 2 is 1.92 bits per heavy atom. The van der Waals surface area contributed by atoms with Gasteiger partial charge in [0.25, 0.3) is 0 Å². The lowest BCUT2D eigenvalue weighted by molar-refractivity contribution is -0.142. The van der Waals surface area contributed by atoms with Gasteiger partial charge in [-0.05, 0) is 31.0 Å². The van der Waals surface area contributed by atoms with Crippen molar-refractivity contribution in [1.82, 2.24) is 15.0 Å². The molecule has 1 saturated heterocycles. The maximum absolute atomic E-state index is 11.1. The van der Waals surface area contributed by atoms with Crippen LogP contribution in [0, 0.1) is 5.92 Å². The number of piperidine rings is 1. The van der Waals surface area contributed by atoms with E-state index in [0.29, 0.717) is 36.8 Å². The molecule has 3 heterocycles. The van der Waals surface area contributed by atoms with E-state index in [1.54, 1.807) is 12.4 Å². The first kappa shape index (κ1) is 16.7. The highest BCUT2D eigenvalue weighted by molar-refractivity contribution is 6.35. The molecule has 0 radical (unpaired) electrons. The number of hydrogen-bond donors (Lipinski definition) is 1. The monoisotopic (exact) mass is 368 g/mol. The van der Waals surface area contributed by atoms with E-state index in [0.717, 1.165) is 22.3 Å². The van der Waals surface area contributed by atoms with Gasteiger partial charge in [0.1, 0.15) is 5.82 Å². The molecule has 3 aromatic rings.